The van der Waals surface area contributed by atoms with E-state index >= 15 is 0 Å². The van der Waals surface area contributed by atoms with Gasteiger partial charge in [0.2, 0.25) is 0 Å². The van der Waals surface area contributed by atoms with Gasteiger partial charge in [0.05, 0.1) is 6.20 Å². The SMILES string of the molecule is Cc1c(CN[C@H](C)C2CCCCCC2)cnn1C. The summed E-state index contributed by atoms with van der Waals surface area (Å²) in [6, 6.07) is 0.628. The van der Waals surface area contributed by atoms with Crippen molar-refractivity contribution in [2.24, 2.45) is 13.0 Å². The highest BCUT2D eigenvalue weighted by molar-refractivity contribution is 5.15. The zero-order chi connectivity index (χ0) is 13.0. The minimum atomic E-state index is 0.628. The molecule has 1 saturated carbocycles. The number of hydrogen-bond acceptors (Lipinski definition) is 2. The quantitative estimate of drug-likeness (QED) is 0.831. The van der Waals surface area contributed by atoms with Crippen LogP contribution < -0.4 is 5.32 Å². The van der Waals surface area contributed by atoms with Crippen LogP contribution in [-0.4, -0.2) is 15.8 Å². The van der Waals surface area contributed by atoms with Gasteiger partial charge in [-0.05, 0) is 32.6 Å². The molecular weight excluding hydrogens is 222 g/mol. The Balaban J connectivity index is 1.83. The van der Waals surface area contributed by atoms with E-state index < -0.39 is 0 Å². The minimum Gasteiger partial charge on any atom is -0.310 e. The number of hydrogen-bond donors (Lipinski definition) is 1. The maximum atomic E-state index is 4.30. The van der Waals surface area contributed by atoms with E-state index in [1.54, 1.807) is 0 Å². The summed E-state index contributed by atoms with van der Waals surface area (Å²) in [5, 5.41) is 8.00. The Bertz CT molecular complexity index is 362. The number of nitrogens with one attached hydrogen (secondary N) is 1. The van der Waals surface area contributed by atoms with Crippen LogP contribution in [0.4, 0.5) is 0 Å². The average molecular weight is 249 g/mol. The highest BCUT2D eigenvalue weighted by Crippen LogP contribution is 2.25. The van der Waals surface area contributed by atoms with Crippen molar-refractivity contribution in [3.05, 3.63) is 17.5 Å². The van der Waals surface area contributed by atoms with E-state index in [1.807, 2.05) is 17.9 Å². The van der Waals surface area contributed by atoms with Gasteiger partial charge in [-0.3, -0.25) is 4.68 Å². The van der Waals surface area contributed by atoms with Crippen LogP contribution in [0, 0.1) is 12.8 Å². The van der Waals surface area contributed by atoms with Crippen LogP contribution in [0.5, 0.6) is 0 Å². The lowest BCUT2D eigenvalue weighted by atomic mass is 9.93. The lowest BCUT2D eigenvalue weighted by molar-refractivity contribution is 0.336. The third kappa shape index (κ3) is 3.35. The maximum absolute atomic E-state index is 4.30. The van der Waals surface area contributed by atoms with Crippen LogP contribution in [0.15, 0.2) is 6.20 Å². The second-order valence-corrected chi connectivity index (χ2v) is 5.80. The highest BCUT2D eigenvalue weighted by atomic mass is 15.3. The predicted molar refractivity (Wildman–Crippen MR) is 75.4 cm³/mol. The van der Waals surface area contributed by atoms with Crippen molar-refractivity contribution in [2.75, 3.05) is 0 Å². The highest BCUT2D eigenvalue weighted by Gasteiger charge is 2.18. The first-order valence-electron chi connectivity index (χ1n) is 7.39. The number of nitrogens with zero attached hydrogens (tertiary/aromatic N) is 2. The van der Waals surface area contributed by atoms with Gasteiger partial charge in [-0.1, -0.05) is 25.7 Å². The van der Waals surface area contributed by atoms with E-state index in [4.69, 9.17) is 0 Å². The number of rotatable bonds is 4. The normalized spacial score (nSPS) is 19.7. The Morgan fingerprint density at radius 2 is 2.00 bits per heavy atom. The molecule has 1 aromatic rings. The monoisotopic (exact) mass is 249 g/mol. The van der Waals surface area contributed by atoms with Crippen LogP contribution in [0.1, 0.15) is 56.7 Å². The Morgan fingerprint density at radius 3 is 2.56 bits per heavy atom. The van der Waals surface area contributed by atoms with Crippen molar-refractivity contribution in [3.63, 3.8) is 0 Å². The molecule has 102 valence electrons. The lowest BCUT2D eigenvalue weighted by Gasteiger charge is -2.23. The molecule has 2 rings (SSSR count). The van der Waals surface area contributed by atoms with Gasteiger partial charge in [-0.2, -0.15) is 5.10 Å². The van der Waals surface area contributed by atoms with Crippen molar-refractivity contribution in [1.29, 1.82) is 0 Å². The van der Waals surface area contributed by atoms with Gasteiger partial charge in [0.25, 0.3) is 0 Å². The molecule has 3 nitrogen and oxygen atoms in total. The molecule has 0 saturated heterocycles. The van der Waals surface area contributed by atoms with Gasteiger partial charge in [0.15, 0.2) is 0 Å². The minimum absolute atomic E-state index is 0.628. The second-order valence-electron chi connectivity index (χ2n) is 5.80. The average Bonchev–Trinajstić information content (AvgIpc) is 2.63. The van der Waals surface area contributed by atoms with Crippen molar-refractivity contribution in [2.45, 2.75) is 65.0 Å². The van der Waals surface area contributed by atoms with E-state index in [9.17, 15) is 0 Å². The smallest absolute Gasteiger partial charge is 0.0537 e. The Morgan fingerprint density at radius 1 is 1.33 bits per heavy atom. The van der Waals surface area contributed by atoms with Gasteiger partial charge in [-0.15, -0.1) is 0 Å². The Hall–Kier alpha value is -0.830. The van der Waals surface area contributed by atoms with Gasteiger partial charge < -0.3 is 5.32 Å². The summed E-state index contributed by atoms with van der Waals surface area (Å²) in [6.45, 7) is 5.44. The van der Waals surface area contributed by atoms with Gasteiger partial charge >= 0.3 is 0 Å². The fraction of sp³-hybridized carbons (Fsp3) is 0.800. The van der Waals surface area contributed by atoms with Crippen molar-refractivity contribution >= 4 is 0 Å². The molecule has 1 aromatic heterocycles. The molecule has 1 fully saturated rings. The van der Waals surface area contributed by atoms with E-state index in [-0.39, 0.29) is 0 Å². The van der Waals surface area contributed by atoms with E-state index in [1.165, 1.54) is 49.8 Å². The first kappa shape index (κ1) is 13.6. The molecule has 3 heteroatoms. The van der Waals surface area contributed by atoms with E-state index in [0.29, 0.717) is 6.04 Å². The lowest BCUT2D eigenvalue weighted by Crippen LogP contribution is -2.33. The maximum Gasteiger partial charge on any atom is 0.0537 e. The summed E-state index contributed by atoms with van der Waals surface area (Å²) in [5.41, 5.74) is 2.61. The zero-order valence-corrected chi connectivity index (χ0v) is 12.1. The molecule has 18 heavy (non-hydrogen) atoms. The summed E-state index contributed by atoms with van der Waals surface area (Å²) in [7, 11) is 2.01. The number of aromatic nitrogens is 2. The first-order chi connectivity index (χ1) is 8.68. The fourth-order valence-corrected chi connectivity index (χ4v) is 2.97. The summed E-state index contributed by atoms with van der Waals surface area (Å²) >= 11 is 0. The third-order valence-corrected chi connectivity index (χ3v) is 4.56. The van der Waals surface area contributed by atoms with Crippen molar-refractivity contribution < 1.29 is 0 Å². The van der Waals surface area contributed by atoms with Gasteiger partial charge in [0, 0.05) is 30.9 Å². The van der Waals surface area contributed by atoms with Crippen LogP contribution in [0.2, 0.25) is 0 Å². The Labute approximate surface area is 111 Å². The third-order valence-electron chi connectivity index (χ3n) is 4.56. The molecule has 1 N–H and O–H groups in total. The van der Waals surface area contributed by atoms with Gasteiger partial charge in [-0.25, -0.2) is 0 Å². The topological polar surface area (TPSA) is 29.9 Å². The molecule has 0 bridgehead atoms. The van der Waals surface area contributed by atoms with Crippen LogP contribution in [0.3, 0.4) is 0 Å². The number of aryl methyl sites for hydroxylation is 1. The summed E-state index contributed by atoms with van der Waals surface area (Å²) in [4.78, 5) is 0. The first-order valence-corrected chi connectivity index (χ1v) is 7.39. The predicted octanol–water partition coefficient (Wildman–Crippen LogP) is 3.18. The molecule has 1 atom stereocenters. The largest absolute Gasteiger partial charge is 0.310 e. The van der Waals surface area contributed by atoms with Crippen molar-refractivity contribution in [1.82, 2.24) is 15.1 Å². The standard InChI is InChI=1S/C15H27N3/c1-12(14-8-6-4-5-7-9-14)16-10-15-11-17-18(3)13(15)2/h11-12,14,16H,4-10H2,1-3H3/t12-/m1/s1. The second kappa shape index (κ2) is 6.37. The van der Waals surface area contributed by atoms with Gasteiger partial charge in [0.1, 0.15) is 0 Å². The molecule has 0 aromatic carbocycles. The molecule has 1 aliphatic carbocycles. The summed E-state index contributed by atoms with van der Waals surface area (Å²) in [5.74, 6) is 0.865. The van der Waals surface area contributed by atoms with E-state index in [0.717, 1.165) is 12.5 Å². The van der Waals surface area contributed by atoms with Crippen molar-refractivity contribution in [3.8, 4) is 0 Å². The molecule has 0 unspecified atom stereocenters. The molecule has 1 aliphatic rings. The van der Waals surface area contributed by atoms with Crippen LogP contribution in [-0.2, 0) is 13.6 Å². The molecule has 0 amide bonds. The summed E-state index contributed by atoms with van der Waals surface area (Å²) < 4.78 is 1.95. The van der Waals surface area contributed by atoms with Crippen LogP contribution in [0.25, 0.3) is 0 Å². The molecule has 0 aliphatic heterocycles. The summed E-state index contributed by atoms with van der Waals surface area (Å²) in [6.07, 6.45) is 10.5. The molecular formula is C15H27N3. The zero-order valence-electron chi connectivity index (χ0n) is 12.1. The van der Waals surface area contributed by atoms with Crippen LogP contribution >= 0.6 is 0 Å². The van der Waals surface area contributed by atoms with E-state index in [2.05, 4.69) is 24.3 Å². The molecule has 0 spiro atoms. The fourth-order valence-electron chi connectivity index (χ4n) is 2.97. The molecule has 0 radical (unpaired) electrons. The Kier molecular flexibility index (Phi) is 4.81. The molecule has 1 heterocycles.